The molecule has 0 aromatic heterocycles. The first-order chi connectivity index (χ1) is 6.93. The van der Waals surface area contributed by atoms with Gasteiger partial charge in [0.1, 0.15) is 0 Å². The van der Waals surface area contributed by atoms with Crippen LogP contribution in [0.1, 0.15) is 64.2 Å². The zero-order chi connectivity index (χ0) is 10.1. The number of hydrogen-bond donors (Lipinski definition) is 0. The molecule has 0 N–H and O–H groups in total. The molecule has 0 saturated heterocycles. The number of unbranched alkanes of at least 4 members (excludes halogenated alkanes) is 3. The van der Waals surface area contributed by atoms with E-state index in [2.05, 4.69) is 0 Å². The van der Waals surface area contributed by atoms with Gasteiger partial charge >= 0.3 is 98.8 Å². The van der Waals surface area contributed by atoms with Gasteiger partial charge in [0.2, 0.25) is 0 Å². The Hall–Kier alpha value is 0.599. The number of rotatable bonds is 7. The van der Waals surface area contributed by atoms with Crippen LogP contribution in [0.2, 0.25) is 4.44 Å². The van der Waals surface area contributed by atoms with Crippen LogP contribution >= 0.6 is 0 Å². The molecule has 0 aliphatic heterocycles. The molecule has 1 aliphatic carbocycles. The molecule has 1 aliphatic rings. The van der Waals surface area contributed by atoms with E-state index in [9.17, 15) is 3.08 Å². The van der Waals surface area contributed by atoms with Crippen LogP contribution in [0.4, 0.5) is 0 Å². The van der Waals surface area contributed by atoms with E-state index in [1.54, 1.807) is 0 Å². The van der Waals surface area contributed by atoms with E-state index >= 15 is 0 Å². The van der Waals surface area contributed by atoms with Crippen molar-refractivity contribution >= 4 is 21.1 Å². The molecular weight excluding hydrogens is 279 g/mol. The first-order valence-electron chi connectivity index (χ1n) is 6.28. The molecule has 0 unspecified atom stereocenters. The monoisotopic (exact) mass is 303 g/mol. The molecule has 0 amide bonds. The van der Waals surface area contributed by atoms with E-state index in [4.69, 9.17) is 0 Å². The van der Waals surface area contributed by atoms with Gasteiger partial charge in [-0.25, -0.2) is 0 Å². The summed E-state index contributed by atoms with van der Waals surface area (Å²) < 4.78 is 11.4. The third kappa shape index (κ3) is 6.15. The van der Waals surface area contributed by atoms with Gasteiger partial charge in [0.25, 0.3) is 0 Å². The standard InChI is InChI=1S/C12H23.O.Sn/c1-2-3-4-6-9-12-10-7-5-8-11-12;;/h12H,1-11H2;;. The summed E-state index contributed by atoms with van der Waals surface area (Å²) in [5, 5.41) is 0. The fourth-order valence-electron chi connectivity index (χ4n) is 2.46. The van der Waals surface area contributed by atoms with Crippen molar-refractivity contribution < 1.29 is 3.08 Å². The van der Waals surface area contributed by atoms with Gasteiger partial charge in [0, 0.05) is 0 Å². The molecule has 0 heterocycles. The summed E-state index contributed by atoms with van der Waals surface area (Å²) >= 11 is -1.12. The van der Waals surface area contributed by atoms with Gasteiger partial charge in [-0.15, -0.1) is 0 Å². The summed E-state index contributed by atoms with van der Waals surface area (Å²) in [6.07, 6.45) is 14.3. The predicted molar refractivity (Wildman–Crippen MR) is 60.9 cm³/mol. The Morgan fingerprint density at radius 2 is 1.64 bits per heavy atom. The molecule has 0 aromatic rings. The molecule has 0 atom stereocenters. The van der Waals surface area contributed by atoms with Crippen LogP contribution in [0.15, 0.2) is 0 Å². The van der Waals surface area contributed by atoms with Crippen molar-refractivity contribution in [3.8, 4) is 0 Å². The van der Waals surface area contributed by atoms with Crippen LogP contribution in [0.5, 0.6) is 0 Å². The average molecular weight is 302 g/mol. The van der Waals surface area contributed by atoms with Crippen LogP contribution in [0.3, 0.4) is 0 Å². The molecule has 1 saturated carbocycles. The molecule has 14 heavy (non-hydrogen) atoms. The molecule has 1 rings (SSSR count). The topological polar surface area (TPSA) is 17.1 Å². The van der Waals surface area contributed by atoms with Crippen molar-refractivity contribution in [3.05, 3.63) is 0 Å². The third-order valence-corrected chi connectivity index (χ3v) is 4.96. The van der Waals surface area contributed by atoms with Crippen molar-refractivity contribution in [2.24, 2.45) is 5.92 Å². The first-order valence-corrected chi connectivity index (χ1v) is 9.47. The van der Waals surface area contributed by atoms with Gasteiger partial charge in [0.05, 0.1) is 0 Å². The molecule has 1 nitrogen and oxygen atoms in total. The van der Waals surface area contributed by atoms with Crippen molar-refractivity contribution in [1.82, 2.24) is 0 Å². The Morgan fingerprint density at radius 1 is 0.929 bits per heavy atom. The van der Waals surface area contributed by atoms with Gasteiger partial charge < -0.3 is 0 Å². The summed E-state index contributed by atoms with van der Waals surface area (Å²) in [7, 11) is 0. The molecule has 1 fully saturated rings. The van der Waals surface area contributed by atoms with Gasteiger partial charge in [-0.05, 0) is 0 Å². The fraction of sp³-hybridized carbons (Fsp3) is 1.00. The summed E-state index contributed by atoms with van der Waals surface area (Å²) in [5.74, 6) is 1.06. The minimum atomic E-state index is -1.12. The van der Waals surface area contributed by atoms with Crippen molar-refractivity contribution in [3.63, 3.8) is 0 Å². The Balaban J connectivity index is 1.85. The Morgan fingerprint density at radius 3 is 2.36 bits per heavy atom. The predicted octanol–water partition coefficient (Wildman–Crippen LogP) is 3.99. The Kier molecular flexibility index (Phi) is 8.03. The van der Waals surface area contributed by atoms with Crippen LogP contribution in [-0.2, 0) is 3.08 Å². The summed E-state index contributed by atoms with van der Waals surface area (Å²) in [4.78, 5) is 0. The normalized spacial score (nSPS) is 18.3. The summed E-state index contributed by atoms with van der Waals surface area (Å²) in [5.41, 5.74) is 0. The first kappa shape index (κ1) is 12.7. The van der Waals surface area contributed by atoms with Crippen LogP contribution in [-0.4, -0.2) is 21.1 Å². The maximum atomic E-state index is 10.4. The van der Waals surface area contributed by atoms with E-state index in [-0.39, 0.29) is 0 Å². The van der Waals surface area contributed by atoms with Crippen LogP contribution < -0.4 is 0 Å². The number of hydrogen-bond acceptors (Lipinski definition) is 1. The second kappa shape index (κ2) is 8.87. The summed E-state index contributed by atoms with van der Waals surface area (Å²) in [6.45, 7) is 0. The van der Waals surface area contributed by atoms with E-state index in [0.29, 0.717) is 0 Å². The second-order valence-corrected chi connectivity index (χ2v) is 6.85. The Bertz CT molecular complexity index is 141. The maximum absolute atomic E-state index is 10.4. The van der Waals surface area contributed by atoms with E-state index in [0.717, 1.165) is 10.4 Å². The van der Waals surface area contributed by atoms with Crippen molar-refractivity contribution in [2.45, 2.75) is 68.6 Å². The molecule has 1 radical (unpaired) electrons. The van der Waals surface area contributed by atoms with Gasteiger partial charge in [-0.1, -0.05) is 0 Å². The minimum absolute atomic E-state index is 1.06. The molecule has 0 spiro atoms. The summed E-state index contributed by atoms with van der Waals surface area (Å²) in [6, 6.07) is 0. The van der Waals surface area contributed by atoms with E-state index in [1.165, 1.54) is 64.2 Å². The Labute approximate surface area is 98.6 Å². The zero-order valence-electron chi connectivity index (χ0n) is 9.26. The van der Waals surface area contributed by atoms with Gasteiger partial charge in [-0.2, -0.15) is 0 Å². The van der Waals surface area contributed by atoms with Crippen molar-refractivity contribution in [1.29, 1.82) is 0 Å². The van der Waals surface area contributed by atoms with E-state index < -0.39 is 21.1 Å². The molecule has 81 valence electrons. The zero-order valence-corrected chi connectivity index (χ0v) is 12.1. The molecular formula is C12H23OSn. The molecule has 0 aromatic carbocycles. The third-order valence-electron chi connectivity index (χ3n) is 3.37. The average Bonchev–Trinajstić information content (AvgIpc) is 2.25. The fourth-order valence-corrected chi connectivity index (χ4v) is 3.59. The molecule has 0 bridgehead atoms. The van der Waals surface area contributed by atoms with E-state index in [1.807, 2.05) is 0 Å². The van der Waals surface area contributed by atoms with Crippen molar-refractivity contribution in [2.75, 3.05) is 0 Å². The molecule has 2 heteroatoms. The second-order valence-electron chi connectivity index (χ2n) is 4.60. The van der Waals surface area contributed by atoms with Gasteiger partial charge in [-0.3, -0.25) is 0 Å². The quantitative estimate of drug-likeness (QED) is 0.513. The van der Waals surface area contributed by atoms with Crippen LogP contribution in [0.25, 0.3) is 0 Å². The SMILES string of the molecule is [O]=[Sn][CH2]CCCCCC1CCCCC1. The van der Waals surface area contributed by atoms with Crippen LogP contribution in [0, 0.1) is 5.92 Å². The van der Waals surface area contributed by atoms with Gasteiger partial charge in [0.15, 0.2) is 0 Å².